The number of amides is 1. The number of phenols is 1. The van der Waals surface area contributed by atoms with E-state index in [0.717, 1.165) is 23.2 Å². The standard InChI is InChI=1S/C20H24N2O2/c1-13-9-16-5-3-4-6-19(16)22(12-13)20(24)18(21)11-15-7-8-17(23)10-14(15)2/h3-8,10,13,18,23H,9,11-12,21H2,1-2H3/t13?,18-/m0/s1. The molecule has 1 heterocycles. The maximum absolute atomic E-state index is 12.9. The fourth-order valence-electron chi connectivity index (χ4n) is 3.44. The molecule has 1 unspecified atom stereocenters. The van der Waals surface area contributed by atoms with Crippen LogP contribution in [0.5, 0.6) is 5.75 Å². The van der Waals surface area contributed by atoms with E-state index in [4.69, 9.17) is 5.73 Å². The number of nitrogens with zero attached hydrogens (tertiary/aromatic N) is 1. The topological polar surface area (TPSA) is 66.6 Å². The van der Waals surface area contributed by atoms with Crippen LogP contribution in [0.1, 0.15) is 23.6 Å². The summed E-state index contributed by atoms with van der Waals surface area (Å²) in [6.45, 7) is 4.79. The molecule has 0 aliphatic carbocycles. The second kappa shape index (κ2) is 6.65. The third-order valence-electron chi connectivity index (χ3n) is 4.69. The molecule has 2 aromatic carbocycles. The van der Waals surface area contributed by atoms with Gasteiger partial charge in [0.15, 0.2) is 0 Å². The minimum absolute atomic E-state index is 0.0403. The molecular weight excluding hydrogens is 300 g/mol. The SMILES string of the molecule is Cc1cc(O)ccc1C[C@H](N)C(=O)N1CC(C)Cc2ccccc21. The fourth-order valence-corrected chi connectivity index (χ4v) is 3.44. The van der Waals surface area contributed by atoms with Crippen LogP contribution in [0.15, 0.2) is 42.5 Å². The number of para-hydroxylation sites is 1. The highest BCUT2D eigenvalue weighted by atomic mass is 16.3. The number of rotatable bonds is 3. The Bertz CT molecular complexity index is 757. The van der Waals surface area contributed by atoms with Gasteiger partial charge in [-0.1, -0.05) is 31.2 Å². The Morgan fingerprint density at radius 2 is 2.08 bits per heavy atom. The molecule has 4 nitrogen and oxygen atoms in total. The first-order chi connectivity index (χ1) is 11.5. The number of carbonyl (C=O) groups excluding carboxylic acids is 1. The van der Waals surface area contributed by atoms with Crippen LogP contribution >= 0.6 is 0 Å². The van der Waals surface area contributed by atoms with E-state index in [1.165, 1.54) is 5.56 Å². The molecule has 3 rings (SSSR count). The van der Waals surface area contributed by atoms with Gasteiger partial charge in [0.25, 0.3) is 0 Å². The summed E-state index contributed by atoms with van der Waals surface area (Å²) in [5.74, 6) is 0.614. The first-order valence-electron chi connectivity index (χ1n) is 8.39. The van der Waals surface area contributed by atoms with E-state index >= 15 is 0 Å². The Hall–Kier alpha value is -2.33. The van der Waals surface area contributed by atoms with Gasteiger partial charge in [-0.2, -0.15) is 0 Å². The van der Waals surface area contributed by atoms with Crippen LogP contribution in [-0.2, 0) is 17.6 Å². The molecule has 24 heavy (non-hydrogen) atoms. The lowest BCUT2D eigenvalue weighted by molar-refractivity contribution is -0.120. The van der Waals surface area contributed by atoms with E-state index in [-0.39, 0.29) is 11.7 Å². The maximum atomic E-state index is 12.9. The van der Waals surface area contributed by atoms with Crippen molar-refractivity contribution < 1.29 is 9.90 Å². The lowest BCUT2D eigenvalue weighted by atomic mass is 9.92. The zero-order chi connectivity index (χ0) is 17.3. The molecule has 1 amide bonds. The van der Waals surface area contributed by atoms with Crippen LogP contribution in [0.25, 0.3) is 0 Å². The van der Waals surface area contributed by atoms with Gasteiger partial charge in [0.1, 0.15) is 5.75 Å². The van der Waals surface area contributed by atoms with Crippen LogP contribution in [0.4, 0.5) is 5.69 Å². The summed E-state index contributed by atoms with van der Waals surface area (Å²) in [6, 6.07) is 12.6. The van der Waals surface area contributed by atoms with Gasteiger partial charge in [-0.15, -0.1) is 0 Å². The van der Waals surface area contributed by atoms with Gasteiger partial charge in [0, 0.05) is 12.2 Å². The lowest BCUT2D eigenvalue weighted by Crippen LogP contribution is -2.48. The van der Waals surface area contributed by atoms with Crippen molar-refractivity contribution in [3.63, 3.8) is 0 Å². The van der Waals surface area contributed by atoms with Crippen LogP contribution in [0.3, 0.4) is 0 Å². The molecular formula is C20H24N2O2. The van der Waals surface area contributed by atoms with E-state index < -0.39 is 6.04 Å². The number of nitrogens with two attached hydrogens (primary N) is 1. The number of anilines is 1. The van der Waals surface area contributed by atoms with Crippen molar-refractivity contribution in [3.05, 3.63) is 59.2 Å². The van der Waals surface area contributed by atoms with Crippen molar-refractivity contribution in [1.29, 1.82) is 0 Å². The third kappa shape index (κ3) is 3.29. The average Bonchev–Trinajstić information content (AvgIpc) is 2.55. The highest BCUT2D eigenvalue weighted by molar-refractivity contribution is 5.98. The number of aromatic hydroxyl groups is 1. The molecule has 2 aromatic rings. The molecule has 0 radical (unpaired) electrons. The molecule has 2 atom stereocenters. The Morgan fingerprint density at radius 1 is 1.33 bits per heavy atom. The Labute approximate surface area is 142 Å². The predicted octanol–water partition coefficient (Wildman–Crippen LogP) is 2.80. The number of benzene rings is 2. The summed E-state index contributed by atoms with van der Waals surface area (Å²) < 4.78 is 0. The summed E-state index contributed by atoms with van der Waals surface area (Å²) in [5.41, 5.74) is 10.4. The molecule has 0 saturated carbocycles. The predicted molar refractivity (Wildman–Crippen MR) is 96.2 cm³/mol. The number of carbonyl (C=O) groups is 1. The van der Waals surface area contributed by atoms with Crippen LogP contribution < -0.4 is 10.6 Å². The fraction of sp³-hybridized carbons (Fsp3) is 0.350. The van der Waals surface area contributed by atoms with E-state index in [1.807, 2.05) is 36.1 Å². The number of fused-ring (bicyclic) bond motifs is 1. The van der Waals surface area contributed by atoms with Gasteiger partial charge in [-0.05, 0) is 60.6 Å². The summed E-state index contributed by atoms with van der Waals surface area (Å²) in [6.07, 6.45) is 1.46. The number of hydrogen-bond acceptors (Lipinski definition) is 3. The van der Waals surface area contributed by atoms with Crippen molar-refractivity contribution in [2.24, 2.45) is 11.7 Å². The normalized spacial score (nSPS) is 18.1. The lowest BCUT2D eigenvalue weighted by Gasteiger charge is -2.34. The van der Waals surface area contributed by atoms with Crippen molar-refractivity contribution >= 4 is 11.6 Å². The van der Waals surface area contributed by atoms with Gasteiger partial charge in [-0.25, -0.2) is 0 Å². The minimum atomic E-state index is -0.591. The van der Waals surface area contributed by atoms with Crippen LogP contribution in [-0.4, -0.2) is 23.6 Å². The molecule has 0 spiro atoms. The van der Waals surface area contributed by atoms with E-state index in [1.54, 1.807) is 12.1 Å². The Balaban J connectivity index is 1.81. The van der Waals surface area contributed by atoms with Crippen LogP contribution in [0.2, 0.25) is 0 Å². The molecule has 1 aliphatic heterocycles. The first kappa shape index (κ1) is 16.5. The summed E-state index contributed by atoms with van der Waals surface area (Å²) in [7, 11) is 0. The number of aryl methyl sites for hydroxylation is 1. The molecule has 4 heteroatoms. The van der Waals surface area contributed by atoms with Gasteiger partial charge < -0.3 is 15.7 Å². The Kier molecular flexibility index (Phi) is 4.58. The zero-order valence-electron chi connectivity index (χ0n) is 14.2. The smallest absolute Gasteiger partial charge is 0.244 e. The third-order valence-corrected chi connectivity index (χ3v) is 4.69. The number of phenolic OH excluding ortho intramolecular Hbond substituents is 1. The largest absolute Gasteiger partial charge is 0.508 e. The van der Waals surface area contributed by atoms with Crippen molar-refractivity contribution in [1.82, 2.24) is 0 Å². The van der Waals surface area contributed by atoms with Crippen molar-refractivity contribution in [2.75, 3.05) is 11.4 Å². The summed E-state index contributed by atoms with van der Waals surface area (Å²) in [4.78, 5) is 14.8. The van der Waals surface area contributed by atoms with Gasteiger partial charge in [0.05, 0.1) is 6.04 Å². The molecule has 0 saturated heterocycles. The van der Waals surface area contributed by atoms with E-state index in [0.29, 0.717) is 18.9 Å². The highest BCUT2D eigenvalue weighted by Gasteiger charge is 2.29. The monoisotopic (exact) mass is 324 g/mol. The van der Waals surface area contributed by atoms with Crippen molar-refractivity contribution in [2.45, 2.75) is 32.7 Å². The second-order valence-corrected chi connectivity index (χ2v) is 6.81. The van der Waals surface area contributed by atoms with Crippen molar-refractivity contribution in [3.8, 4) is 5.75 Å². The first-order valence-corrected chi connectivity index (χ1v) is 8.39. The zero-order valence-corrected chi connectivity index (χ0v) is 14.2. The van der Waals surface area contributed by atoms with Gasteiger partial charge in [0.2, 0.25) is 5.91 Å². The van der Waals surface area contributed by atoms with Gasteiger partial charge in [-0.3, -0.25) is 4.79 Å². The van der Waals surface area contributed by atoms with E-state index in [2.05, 4.69) is 13.0 Å². The molecule has 0 aromatic heterocycles. The quantitative estimate of drug-likeness (QED) is 0.912. The highest BCUT2D eigenvalue weighted by Crippen LogP contribution is 2.30. The minimum Gasteiger partial charge on any atom is -0.508 e. The molecule has 0 fully saturated rings. The summed E-state index contributed by atoms with van der Waals surface area (Å²) >= 11 is 0. The second-order valence-electron chi connectivity index (χ2n) is 6.81. The Morgan fingerprint density at radius 3 is 2.83 bits per heavy atom. The molecule has 0 bridgehead atoms. The molecule has 126 valence electrons. The average molecular weight is 324 g/mol. The number of hydrogen-bond donors (Lipinski definition) is 2. The molecule has 3 N–H and O–H groups in total. The summed E-state index contributed by atoms with van der Waals surface area (Å²) in [5, 5.41) is 9.52. The van der Waals surface area contributed by atoms with E-state index in [9.17, 15) is 9.90 Å². The van der Waals surface area contributed by atoms with Gasteiger partial charge >= 0.3 is 0 Å². The van der Waals surface area contributed by atoms with Crippen LogP contribution in [0, 0.1) is 12.8 Å². The molecule has 1 aliphatic rings. The maximum Gasteiger partial charge on any atom is 0.244 e.